The molecule has 0 aliphatic carbocycles. The summed E-state index contributed by atoms with van der Waals surface area (Å²) < 4.78 is 0.651. The largest absolute Gasteiger partial charge is 0.311 e. The predicted octanol–water partition coefficient (Wildman–Crippen LogP) is 2.27. The van der Waals surface area contributed by atoms with Gasteiger partial charge in [-0.25, -0.2) is 0 Å². The Balaban J connectivity index is 2.44. The van der Waals surface area contributed by atoms with Crippen molar-refractivity contribution in [2.24, 2.45) is 0 Å². The van der Waals surface area contributed by atoms with Crippen LogP contribution in [-0.2, 0) is 6.54 Å². The fourth-order valence-electron chi connectivity index (χ4n) is 1.44. The van der Waals surface area contributed by atoms with Crippen molar-refractivity contribution in [3.8, 4) is 0 Å². The zero-order valence-corrected chi connectivity index (χ0v) is 8.34. The number of alkyl halides is 1. The molecule has 0 saturated carbocycles. The second kappa shape index (κ2) is 3.11. The Kier molecular flexibility index (Phi) is 2.13. The highest BCUT2D eigenvalue weighted by atomic mass is 127. The number of rotatable bonds is 0. The fraction of sp³-hybridized carbons (Fsp3) is 0.333. The van der Waals surface area contributed by atoms with Crippen LogP contribution in [-0.4, -0.2) is 6.54 Å². The third-order valence-electron chi connectivity index (χ3n) is 2.03. The summed E-state index contributed by atoms with van der Waals surface area (Å²) in [6.45, 7) is 2.15. The molecule has 0 saturated heterocycles. The van der Waals surface area contributed by atoms with Gasteiger partial charge in [-0.15, -0.1) is 0 Å². The van der Waals surface area contributed by atoms with Gasteiger partial charge in [0.15, 0.2) is 0 Å². The first-order valence-electron chi connectivity index (χ1n) is 3.80. The lowest BCUT2D eigenvalue weighted by atomic mass is 10.0. The van der Waals surface area contributed by atoms with Gasteiger partial charge in [0.05, 0.1) is 0 Å². The van der Waals surface area contributed by atoms with Crippen molar-refractivity contribution < 1.29 is 0 Å². The maximum atomic E-state index is 3.38. The predicted molar refractivity (Wildman–Crippen MR) is 54.9 cm³/mol. The van der Waals surface area contributed by atoms with Crippen molar-refractivity contribution in [2.75, 3.05) is 6.54 Å². The molecule has 1 nitrogen and oxygen atoms in total. The molecule has 1 aliphatic heterocycles. The van der Waals surface area contributed by atoms with E-state index in [2.05, 4.69) is 52.2 Å². The van der Waals surface area contributed by atoms with Crippen LogP contribution in [0.1, 0.15) is 15.1 Å². The standard InChI is InChI=1S/C9H10IN/c10-9-6-11-5-7-3-1-2-4-8(7)9/h1-4,9,11H,5-6H2. The van der Waals surface area contributed by atoms with Crippen LogP contribution in [0.25, 0.3) is 0 Å². The lowest BCUT2D eigenvalue weighted by Crippen LogP contribution is -2.24. The summed E-state index contributed by atoms with van der Waals surface area (Å²) in [5.74, 6) is 0. The molecule has 2 rings (SSSR count). The van der Waals surface area contributed by atoms with Gasteiger partial charge in [-0.2, -0.15) is 0 Å². The normalized spacial score (nSPS) is 22.8. The Bertz CT molecular complexity index is 259. The van der Waals surface area contributed by atoms with Gasteiger partial charge in [0.25, 0.3) is 0 Å². The number of nitrogens with one attached hydrogen (secondary N) is 1. The molecule has 0 radical (unpaired) electrons. The van der Waals surface area contributed by atoms with Gasteiger partial charge in [-0.1, -0.05) is 46.9 Å². The average Bonchev–Trinajstić information content (AvgIpc) is 2.06. The molecule has 1 atom stereocenters. The molecule has 0 amide bonds. The fourth-order valence-corrected chi connectivity index (χ4v) is 2.36. The van der Waals surface area contributed by atoms with Gasteiger partial charge in [0.1, 0.15) is 0 Å². The summed E-state index contributed by atoms with van der Waals surface area (Å²) in [4.78, 5) is 0. The van der Waals surface area contributed by atoms with Crippen molar-refractivity contribution in [1.29, 1.82) is 0 Å². The van der Waals surface area contributed by atoms with Crippen molar-refractivity contribution in [3.63, 3.8) is 0 Å². The molecule has 11 heavy (non-hydrogen) atoms. The molecular formula is C9H10IN. The quantitative estimate of drug-likeness (QED) is 0.556. The monoisotopic (exact) mass is 259 g/mol. The minimum Gasteiger partial charge on any atom is -0.311 e. The molecule has 1 N–H and O–H groups in total. The lowest BCUT2D eigenvalue weighted by Gasteiger charge is -2.21. The lowest BCUT2D eigenvalue weighted by molar-refractivity contribution is 0.646. The molecule has 1 unspecified atom stereocenters. The van der Waals surface area contributed by atoms with Crippen molar-refractivity contribution in [3.05, 3.63) is 35.4 Å². The molecule has 1 aromatic rings. The second-order valence-electron chi connectivity index (χ2n) is 2.80. The van der Waals surface area contributed by atoms with E-state index < -0.39 is 0 Å². The summed E-state index contributed by atoms with van der Waals surface area (Å²) in [6, 6.07) is 8.66. The number of halogens is 1. The number of hydrogen-bond acceptors (Lipinski definition) is 1. The van der Waals surface area contributed by atoms with E-state index in [0.717, 1.165) is 13.1 Å². The Hall–Kier alpha value is -0.0900. The third-order valence-corrected chi connectivity index (χ3v) is 3.14. The molecule has 1 aromatic carbocycles. The number of hydrogen-bond donors (Lipinski definition) is 1. The molecule has 58 valence electrons. The van der Waals surface area contributed by atoms with Crippen molar-refractivity contribution in [1.82, 2.24) is 5.32 Å². The van der Waals surface area contributed by atoms with Gasteiger partial charge in [-0.05, 0) is 11.1 Å². The van der Waals surface area contributed by atoms with Crippen LogP contribution in [0.4, 0.5) is 0 Å². The van der Waals surface area contributed by atoms with E-state index in [1.54, 1.807) is 0 Å². The molecule has 1 aliphatic rings. The van der Waals surface area contributed by atoms with Gasteiger partial charge in [0, 0.05) is 17.0 Å². The molecule has 0 bridgehead atoms. The van der Waals surface area contributed by atoms with E-state index in [1.165, 1.54) is 11.1 Å². The maximum absolute atomic E-state index is 3.38. The molecule has 0 fully saturated rings. The molecule has 0 spiro atoms. The Morgan fingerprint density at radius 1 is 1.36 bits per heavy atom. The van der Waals surface area contributed by atoms with E-state index in [1.807, 2.05) is 0 Å². The molecular weight excluding hydrogens is 249 g/mol. The second-order valence-corrected chi connectivity index (χ2v) is 4.30. The zero-order chi connectivity index (χ0) is 7.68. The minimum atomic E-state index is 0.651. The molecule has 2 heteroatoms. The third kappa shape index (κ3) is 1.42. The summed E-state index contributed by atoms with van der Waals surface area (Å²) in [5.41, 5.74) is 2.96. The first-order chi connectivity index (χ1) is 5.38. The summed E-state index contributed by atoms with van der Waals surface area (Å²) in [6.07, 6.45) is 0. The summed E-state index contributed by atoms with van der Waals surface area (Å²) in [5, 5.41) is 3.38. The van der Waals surface area contributed by atoms with Crippen LogP contribution in [0.3, 0.4) is 0 Å². The SMILES string of the molecule is IC1CNCc2ccccc21. The van der Waals surface area contributed by atoms with Crippen LogP contribution < -0.4 is 5.32 Å². The Morgan fingerprint density at radius 3 is 3.00 bits per heavy atom. The van der Waals surface area contributed by atoms with Crippen LogP contribution >= 0.6 is 22.6 Å². The van der Waals surface area contributed by atoms with E-state index in [0.29, 0.717) is 3.92 Å². The van der Waals surface area contributed by atoms with E-state index in [4.69, 9.17) is 0 Å². The molecule has 0 aromatic heterocycles. The van der Waals surface area contributed by atoms with E-state index in [-0.39, 0.29) is 0 Å². The van der Waals surface area contributed by atoms with Crippen LogP contribution in [0, 0.1) is 0 Å². The molecule has 1 heterocycles. The number of fused-ring (bicyclic) bond motifs is 1. The average molecular weight is 259 g/mol. The highest BCUT2D eigenvalue weighted by Gasteiger charge is 2.15. The maximum Gasteiger partial charge on any atom is 0.0487 e. The topological polar surface area (TPSA) is 12.0 Å². The highest BCUT2D eigenvalue weighted by Crippen LogP contribution is 2.28. The van der Waals surface area contributed by atoms with Crippen LogP contribution in [0.2, 0.25) is 0 Å². The van der Waals surface area contributed by atoms with Gasteiger partial charge < -0.3 is 5.32 Å². The first-order valence-corrected chi connectivity index (χ1v) is 5.05. The van der Waals surface area contributed by atoms with Crippen molar-refractivity contribution >= 4 is 22.6 Å². The van der Waals surface area contributed by atoms with Crippen LogP contribution in [0.15, 0.2) is 24.3 Å². The number of benzene rings is 1. The minimum absolute atomic E-state index is 0.651. The summed E-state index contributed by atoms with van der Waals surface area (Å²) >= 11 is 2.49. The Morgan fingerprint density at radius 2 is 2.18 bits per heavy atom. The van der Waals surface area contributed by atoms with E-state index in [9.17, 15) is 0 Å². The van der Waals surface area contributed by atoms with Crippen molar-refractivity contribution in [2.45, 2.75) is 10.5 Å². The summed E-state index contributed by atoms with van der Waals surface area (Å²) in [7, 11) is 0. The van der Waals surface area contributed by atoms with E-state index >= 15 is 0 Å². The smallest absolute Gasteiger partial charge is 0.0487 e. The zero-order valence-electron chi connectivity index (χ0n) is 6.18. The van der Waals surface area contributed by atoms with Gasteiger partial charge in [0.2, 0.25) is 0 Å². The Labute approximate surface area is 80.3 Å². The van der Waals surface area contributed by atoms with Gasteiger partial charge in [-0.3, -0.25) is 0 Å². The highest BCUT2D eigenvalue weighted by molar-refractivity contribution is 14.1. The first kappa shape index (κ1) is 7.55. The van der Waals surface area contributed by atoms with Crippen LogP contribution in [0.5, 0.6) is 0 Å². The van der Waals surface area contributed by atoms with Gasteiger partial charge >= 0.3 is 0 Å².